The van der Waals surface area contributed by atoms with Gasteiger partial charge in [0.25, 0.3) is 0 Å². The molecule has 1 fully saturated rings. The second kappa shape index (κ2) is 11.7. The van der Waals surface area contributed by atoms with Crippen LogP contribution in [0.3, 0.4) is 0 Å². The van der Waals surface area contributed by atoms with E-state index in [0.29, 0.717) is 59.0 Å². The molecule has 8 nitrogen and oxygen atoms in total. The number of nitrogens with zero attached hydrogens (tertiary/aromatic N) is 3. The molecule has 1 aliphatic carbocycles. The third kappa shape index (κ3) is 6.34. The second-order valence-electron chi connectivity index (χ2n) is 12.0. The zero-order chi connectivity index (χ0) is 32.2. The Morgan fingerprint density at radius 3 is 2.27 bits per heavy atom. The summed E-state index contributed by atoms with van der Waals surface area (Å²) >= 11 is 13.3. The number of amides is 1. The van der Waals surface area contributed by atoms with E-state index < -0.39 is 39.1 Å². The van der Waals surface area contributed by atoms with E-state index in [2.05, 4.69) is 5.10 Å². The standard InChI is InChI=1S/C30H30Cl2F3N3O5S/c1-29(2,3)43-28(40)18-9-7-17(8-10-18)20-14-23(31)21(24(32)15-20)13-19-11-12-37(27(19)39)26-6-4-5-25-22(26)16-38(36-25)44(41,42)30(33,34)35/h7-10,14-16,19,26H,4-6,11-13H2,1-3H3/t19-,26?/m0/s1. The highest BCUT2D eigenvalue weighted by atomic mass is 35.5. The number of carbonyl (C=O) groups is 2. The number of likely N-dealkylation sites (tertiary alicyclic amines) is 1. The molecule has 5 rings (SSSR count). The lowest BCUT2D eigenvalue weighted by molar-refractivity contribution is -0.133. The molecule has 0 N–H and O–H groups in total. The first-order chi connectivity index (χ1) is 20.5. The number of carbonyl (C=O) groups excluding carboxylic acids is 2. The topological polar surface area (TPSA) is 98.6 Å². The molecule has 236 valence electrons. The first-order valence-corrected chi connectivity index (χ1v) is 16.2. The molecular weight excluding hydrogens is 642 g/mol. The fourth-order valence-electron chi connectivity index (χ4n) is 5.65. The van der Waals surface area contributed by atoms with Crippen LogP contribution < -0.4 is 0 Å². The summed E-state index contributed by atoms with van der Waals surface area (Å²) in [6, 6.07) is 9.75. The van der Waals surface area contributed by atoms with Crippen molar-refractivity contribution in [1.29, 1.82) is 0 Å². The Morgan fingerprint density at radius 1 is 1.05 bits per heavy atom. The first-order valence-electron chi connectivity index (χ1n) is 14.0. The van der Waals surface area contributed by atoms with Gasteiger partial charge in [0.1, 0.15) is 5.60 Å². The lowest BCUT2D eigenvalue weighted by Gasteiger charge is -2.31. The van der Waals surface area contributed by atoms with Crippen LogP contribution in [0.4, 0.5) is 13.2 Å². The van der Waals surface area contributed by atoms with E-state index in [9.17, 15) is 31.2 Å². The van der Waals surface area contributed by atoms with Gasteiger partial charge in [-0.1, -0.05) is 35.3 Å². The summed E-state index contributed by atoms with van der Waals surface area (Å²) in [5.41, 5.74) is -3.06. The number of esters is 1. The van der Waals surface area contributed by atoms with E-state index in [-0.39, 0.29) is 22.1 Å². The van der Waals surface area contributed by atoms with Gasteiger partial charge in [-0.25, -0.2) is 4.79 Å². The largest absolute Gasteiger partial charge is 0.518 e. The van der Waals surface area contributed by atoms with Gasteiger partial charge in [-0.3, -0.25) is 4.79 Å². The normalized spacial score (nSPS) is 19.3. The minimum Gasteiger partial charge on any atom is -0.456 e. The Bertz CT molecular complexity index is 1690. The molecule has 1 aliphatic heterocycles. The van der Waals surface area contributed by atoms with Gasteiger partial charge in [0.2, 0.25) is 5.91 Å². The number of alkyl halides is 3. The summed E-state index contributed by atoms with van der Waals surface area (Å²) in [5.74, 6) is -1.11. The molecule has 14 heteroatoms. The molecule has 2 aliphatic rings. The molecule has 1 unspecified atom stereocenters. The summed E-state index contributed by atoms with van der Waals surface area (Å²) < 4.78 is 68.6. The van der Waals surface area contributed by atoms with Crippen LogP contribution in [0, 0.1) is 5.92 Å². The van der Waals surface area contributed by atoms with Crippen molar-refractivity contribution in [1.82, 2.24) is 14.1 Å². The number of halogens is 5. The highest BCUT2D eigenvalue weighted by molar-refractivity contribution is 7.90. The maximum atomic E-state index is 13.5. The lowest BCUT2D eigenvalue weighted by atomic mass is 9.91. The van der Waals surface area contributed by atoms with Crippen LogP contribution in [0.25, 0.3) is 11.1 Å². The maximum absolute atomic E-state index is 13.5. The average molecular weight is 673 g/mol. The number of fused-ring (bicyclic) bond motifs is 1. The van der Waals surface area contributed by atoms with E-state index in [1.807, 2.05) is 0 Å². The molecule has 3 aromatic rings. The summed E-state index contributed by atoms with van der Waals surface area (Å²) in [6.45, 7) is 5.72. The first kappa shape index (κ1) is 32.3. The van der Waals surface area contributed by atoms with E-state index in [4.69, 9.17) is 27.9 Å². The van der Waals surface area contributed by atoms with Gasteiger partial charge in [-0.2, -0.15) is 30.8 Å². The zero-order valence-electron chi connectivity index (χ0n) is 24.1. The van der Waals surface area contributed by atoms with E-state index in [1.54, 1.807) is 62.1 Å². The molecule has 2 atom stereocenters. The SMILES string of the molecule is CC(C)(C)OC(=O)c1ccc(-c2cc(Cl)c(C[C@@H]3CCN(C4CCCc5nn(S(=O)(=O)C(F)(F)F)cc54)C3=O)c(Cl)c2)cc1. The predicted octanol–water partition coefficient (Wildman–Crippen LogP) is 6.98. The quantitative estimate of drug-likeness (QED) is 0.262. The molecule has 2 heterocycles. The van der Waals surface area contributed by atoms with E-state index in [0.717, 1.165) is 17.3 Å². The van der Waals surface area contributed by atoms with Crippen molar-refractivity contribution in [3.05, 3.63) is 75.0 Å². The minimum atomic E-state index is -5.68. The van der Waals surface area contributed by atoms with Gasteiger partial charge in [-0.15, -0.1) is 0 Å². The molecule has 1 saturated heterocycles. The molecule has 0 spiro atoms. The Balaban J connectivity index is 1.31. The Kier molecular flexibility index (Phi) is 8.58. The number of hydrogen-bond acceptors (Lipinski definition) is 6. The van der Waals surface area contributed by atoms with Crippen LogP contribution in [0.15, 0.2) is 42.6 Å². The number of ether oxygens (including phenoxy) is 1. The second-order valence-corrected chi connectivity index (χ2v) is 14.6. The van der Waals surface area contributed by atoms with Crippen molar-refractivity contribution < 1.29 is 35.9 Å². The van der Waals surface area contributed by atoms with Crippen molar-refractivity contribution in [3.63, 3.8) is 0 Å². The number of aromatic nitrogens is 2. The van der Waals surface area contributed by atoms with Crippen LogP contribution in [0.2, 0.25) is 10.0 Å². The van der Waals surface area contributed by atoms with Crippen LogP contribution in [0.1, 0.15) is 73.3 Å². The van der Waals surface area contributed by atoms with Gasteiger partial charge >= 0.3 is 21.5 Å². The molecule has 44 heavy (non-hydrogen) atoms. The Labute approximate surface area is 263 Å². The lowest BCUT2D eigenvalue weighted by Crippen LogP contribution is -2.34. The van der Waals surface area contributed by atoms with Crippen LogP contribution in [-0.4, -0.2) is 52.0 Å². The Morgan fingerprint density at radius 2 is 1.68 bits per heavy atom. The summed E-state index contributed by atoms with van der Waals surface area (Å²) in [4.78, 5) is 27.5. The summed E-state index contributed by atoms with van der Waals surface area (Å²) in [6.07, 6.45) is 2.96. The highest BCUT2D eigenvalue weighted by Crippen LogP contribution is 2.41. The fourth-order valence-corrected chi connectivity index (χ4v) is 6.96. The van der Waals surface area contributed by atoms with Crippen molar-refractivity contribution in [2.24, 2.45) is 5.92 Å². The van der Waals surface area contributed by atoms with Gasteiger partial charge in [0.15, 0.2) is 0 Å². The van der Waals surface area contributed by atoms with Crippen molar-refractivity contribution in [2.75, 3.05) is 6.54 Å². The van der Waals surface area contributed by atoms with Gasteiger partial charge in [-0.05, 0) is 93.8 Å². The summed E-state index contributed by atoms with van der Waals surface area (Å²) in [5, 5.41) is 4.46. The smallest absolute Gasteiger partial charge is 0.456 e. The number of rotatable bonds is 6. The third-order valence-corrected chi connectivity index (χ3v) is 9.70. The molecule has 1 amide bonds. The minimum absolute atomic E-state index is 0.0276. The molecular formula is C30H30Cl2F3N3O5S. The van der Waals surface area contributed by atoms with Crippen molar-refractivity contribution >= 4 is 45.1 Å². The zero-order valence-corrected chi connectivity index (χ0v) is 26.4. The highest BCUT2D eigenvalue weighted by Gasteiger charge is 2.49. The molecule has 0 bridgehead atoms. The van der Waals surface area contributed by atoms with Crippen LogP contribution in [-0.2, 0) is 32.4 Å². The van der Waals surface area contributed by atoms with Crippen LogP contribution >= 0.6 is 23.2 Å². The van der Waals surface area contributed by atoms with E-state index in [1.165, 1.54) is 0 Å². The van der Waals surface area contributed by atoms with Gasteiger partial charge < -0.3 is 9.64 Å². The van der Waals surface area contributed by atoms with Gasteiger partial charge in [0, 0.05) is 34.3 Å². The predicted molar refractivity (Wildman–Crippen MR) is 159 cm³/mol. The van der Waals surface area contributed by atoms with Crippen molar-refractivity contribution in [2.45, 2.75) is 70.0 Å². The number of aryl methyl sites for hydroxylation is 1. The Hall–Kier alpha value is -3.09. The molecule has 2 aromatic carbocycles. The molecule has 0 radical (unpaired) electrons. The van der Waals surface area contributed by atoms with E-state index >= 15 is 0 Å². The molecule has 1 aromatic heterocycles. The monoisotopic (exact) mass is 671 g/mol. The van der Waals surface area contributed by atoms with Crippen molar-refractivity contribution in [3.8, 4) is 11.1 Å². The number of benzene rings is 2. The van der Waals surface area contributed by atoms with Crippen LogP contribution in [0.5, 0.6) is 0 Å². The summed E-state index contributed by atoms with van der Waals surface area (Å²) in [7, 11) is -5.68. The van der Waals surface area contributed by atoms with Gasteiger partial charge in [0.05, 0.1) is 17.3 Å². The molecule has 0 saturated carbocycles. The maximum Gasteiger partial charge on any atom is 0.518 e. The third-order valence-electron chi connectivity index (χ3n) is 7.76. The fraction of sp³-hybridized carbons (Fsp3) is 0.433. The average Bonchev–Trinajstić information content (AvgIpc) is 3.53. The number of hydrogen-bond donors (Lipinski definition) is 0.